The Balaban J connectivity index is 1.88. The fourth-order valence-electron chi connectivity index (χ4n) is 2.23. The number of nitrogens with zero attached hydrogens (tertiary/aromatic N) is 3. The van der Waals surface area contributed by atoms with Crippen molar-refractivity contribution in [3.05, 3.63) is 12.4 Å². The summed E-state index contributed by atoms with van der Waals surface area (Å²) in [6, 6.07) is 0.611. The van der Waals surface area contributed by atoms with Gasteiger partial charge in [-0.05, 0) is 46.3 Å². The lowest BCUT2D eigenvalue weighted by atomic mass is 10.1. The van der Waals surface area contributed by atoms with Gasteiger partial charge < -0.3 is 10.2 Å². The summed E-state index contributed by atoms with van der Waals surface area (Å²) in [4.78, 5) is 2.41. The van der Waals surface area contributed by atoms with Crippen molar-refractivity contribution in [2.75, 3.05) is 25.5 Å². The molecular weight excluding hydrogens is 200 g/mol. The van der Waals surface area contributed by atoms with Gasteiger partial charge in [0.25, 0.3) is 0 Å². The molecule has 2 heterocycles. The summed E-state index contributed by atoms with van der Waals surface area (Å²) in [5, 5.41) is 7.87. The molecule has 0 aromatic carbocycles. The van der Waals surface area contributed by atoms with Crippen LogP contribution >= 0.6 is 0 Å². The summed E-state index contributed by atoms with van der Waals surface area (Å²) in [5.74, 6) is 0. The van der Waals surface area contributed by atoms with E-state index in [1.54, 1.807) is 0 Å². The first kappa shape index (κ1) is 11.5. The molecule has 1 aromatic heterocycles. The predicted molar refractivity (Wildman–Crippen MR) is 66.7 cm³/mol. The highest BCUT2D eigenvalue weighted by atomic mass is 15.3. The van der Waals surface area contributed by atoms with Crippen LogP contribution in [-0.2, 0) is 6.54 Å². The number of likely N-dealkylation sites (tertiary alicyclic amines) is 1. The number of hydrogen-bond acceptors (Lipinski definition) is 3. The molecule has 2 rings (SSSR count). The molecule has 1 saturated heterocycles. The van der Waals surface area contributed by atoms with Crippen LogP contribution in [0.4, 0.5) is 5.69 Å². The molecule has 16 heavy (non-hydrogen) atoms. The summed E-state index contributed by atoms with van der Waals surface area (Å²) in [6.07, 6.45) is 7.80. The van der Waals surface area contributed by atoms with Crippen molar-refractivity contribution in [3.63, 3.8) is 0 Å². The molecule has 1 aromatic rings. The third-order valence-corrected chi connectivity index (χ3v) is 3.28. The third-order valence-electron chi connectivity index (χ3n) is 3.28. The fraction of sp³-hybridized carbons (Fsp3) is 0.750. The summed E-state index contributed by atoms with van der Waals surface area (Å²) in [5.41, 5.74) is 1.16. The highest BCUT2D eigenvalue weighted by Gasteiger charge is 2.14. The van der Waals surface area contributed by atoms with Gasteiger partial charge in [0.1, 0.15) is 0 Å². The number of aromatic nitrogens is 2. The summed E-state index contributed by atoms with van der Waals surface area (Å²) < 4.78 is 1.96. The molecule has 1 N–H and O–H groups in total. The molecule has 0 bridgehead atoms. The zero-order chi connectivity index (χ0) is 11.4. The van der Waals surface area contributed by atoms with Gasteiger partial charge in [0.15, 0.2) is 0 Å². The van der Waals surface area contributed by atoms with Crippen LogP contribution in [0.15, 0.2) is 12.4 Å². The summed E-state index contributed by atoms with van der Waals surface area (Å²) in [6.45, 7) is 5.47. The smallest absolute Gasteiger partial charge is 0.0728 e. The molecule has 4 heteroatoms. The van der Waals surface area contributed by atoms with Crippen LogP contribution in [0.25, 0.3) is 0 Å². The Morgan fingerprint density at radius 2 is 2.31 bits per heavy atom. The van der Waals surface area contributed by atoms with Gasteiger partial charge in [-0.15, -0.1) is 0 Å². The molecule has 0 saturated carbocycles. The second-order valence-electron chi connectivity index (χ2n) is 4.66. The lowest BCUT2D eigenvalue weighted by Crippen LogP contribution is -2.22. The largest absolute Gasteiger partial charge is 0.380 e. The monoisotopic (exact) mass is 222 g/mol. The first-order valence-electron chi connectivity index (χ1n) is 6.25. The van der Waals surface area contributed by atoms with E-state index >= 15 is 0 Å². The van der Waals surface area contributed by atoms with E-state index < -0.39 is 0 Å². The van der Waals surface area contributed by atoms with Crippen LogP contribution < -0.4 is 5.32 Å². The molecular formula is C12H22N4. The minimum atomic E-state index is 0.611. The van der Waals surface area contributed by atoms with Crippen molar-refractivity contribution in [3.8, 4) is 0 Å². The van der Waals surface area contributed by atoms with Crippen molar-refractivity contribution in [1.29, 1.82) is 0 Å². The minimum Gasteiger partial charge on any atom is -0.380 e. The van der Waals surface area contributed by atoms with Gasteiger partial charge in [0.05, 0.1) is 11.9 Å². The third kappa shape index (κ3) is 2.98. The lowest BCUT2D eigenvalue weighted by molar-refractivity contribution is 0.348. The van der Waals surface area contributed by atoms with E-state index in [2.05, 4.69) is 35.5 Å². The average molecular weight is 222 g/mol. The van der Waals surface area contributed by atoms with Crippen LogP contribution in [0.1, 0.15) is 26.2 Å². The molecule has 0 aliphatic carbocycles. The summed E-state index contributed by atoms with van der Waals surface area (Å²) in [7, 11) is 2.21. The molecule has 4 nitrogen and oxygen atoms in total. The maximum atomic E-state index is 4.28. The van der Waals surface area contributed by atoms with Gasteiger partial charge in [-0.2, -0.15) is 5.10 Å². The molecule has 1 unspecified atom stereocenters. The van der Waals surface area contributed by atoms with Gasteiger partial charge in [0, 0.05) is 18.8 Å². The maximum Gasteiger partial charge on any atom is 0.0728 e. The van der Waals surface area contributed by atoms with Gasteiger partial charge in [-0.3, -0.25) is 4.68 Å². The Morgan fingerprint density at radius 3 is 3.06 bits per heavy atom. The highest BCUT2D eigenvalue weighted by Crippen LogP contribution is 2.15. The Labute approximate surface area is 97.6 Å². The zero-order valence-corrected chi connectivity index (χ0v) is 10.3. The minimum absolute atomic E-state index is 0.611. The molecule has 1 aliphatic rings. The SMILES string of the molecule is CCn1cc(NC2CCCN(C)CC2)cn1. The van der Waals surface area contributed by atoms with Crippen molar-refractivity contribution in [1.82, 2.24) is 14.7 Å². The number of nitrogens with one attached hydrogen (secondary N) is 1. The lowest BCUT2D eigenvalue weighted by Gasteiger charge is -2.16. The maximum absolute atomic E-state index is 4.28. The van der Waals surface area contributed by atoms with Crippen molar-refractivity contribution < 1.29 is 0 Å². The Hall–Kier alpha value is -1.03. The second-order valence-corrected chi connectivity index (χ2v) is 4.66. The van der Waals surface area contributed by atoms with Crippen molar-refractivity contribution in [2.45, 2.75) is 38.8 Å². The van der Waals surface area contributed by atoms with E-state index in [1.807, 2.05) is 10.9 Å². The molecule has 0 amide bonds. The van der Waals surface area contributed by atoms with Gasteiger partial charge in [-0.1, -0.05) is 0 Å². The van der Waals surface area contributed by atoms with Crippen LogP contribution in [0.3, 0.4) is 0 Å². The molecule has 0 spiro atoms. The summed E-state index contributed by atoms with van der Waals surface area (Å²) >= 11 is 0. The van der Waals surface area contributed by atoms with Gasteiger partial charge >= 0.3 is 0 Å². The van der Waals surface area contributed by atoms with Crippen LogP contribution in [0, 0.1) is 0 Å². The Bertz CT molecular complexity index is 321. The topological polar surface area (TPSA) is 33.1 Å². The molecule has 90 valence electrons. The number of anilines is 1. The molecule has 1 atom stereocenters. The van der Waals surface area contributed by atoms with Gasteiger partial charge in [-0.25, -0.2) is 0 Å². The fourth-order valence-corrected chi connectivity index (χ4v) is 2.23. The van der Waals surface area contributed by atoms with Crippen molar-refractivity contribution in [2.24, 2.45) is 0 Å². The average Bonchev–Trinajstić information content (AvgIpc) is 2.63. The Kier molecular flexibility index (Phi) is 3.83. The van der Waals surface area contributed by atoms with E-state index in [4.69, 9.17) is 0 Å². The second kappa shape index (κ2) is 5.34. The molecule has 1 aliphatic heterocycles. The van der Waals surface area contributed by atoms with E-state index in [0.29, 0.717) is 6.04 Å². The first-order chi connectivity index (χ1) is 7.78. The van der Waals surface area contributed by atoms with Crippen molar-refractivity contribution >= 4 is 5.69 Å². The quantitative estimate of drug-likeness (QED) is 0.846. The zero-order valence-electron chi connectivity index (χ0n) is 10.3. The highest BCUT2D eigenvalue weighted by molar-refractivity contribution is 5.39. The van der Waals surface area contributed by atoms with Gasteiger partial charge in [0.2, 0.25) is 0 Å². The molecule has 1 fully saturated rings. The standard InChI is InChI=1S/C12H22N4/c1-3-16-10-12(9-13-16)14-11-5-4-7-15(2)8-6-11/h9-11,14H,3-8H2,1-2H3. The van der Waals surface area contributed by atoms with Crippen LogP contribution in [-0.4, -0.2) is 40.9 Å². The number of rotatable bonds is 3. The van der Waals surface area contributed by atoms with E-state index in [0.717, 1.165) is 12.2 Å². The number of aryl methyl sites for hydroxylation is 1. The Morgan fingerprint density at radius 1 is 1.44 bits per heavy atom. The van der Waals surface area contributed by atoms with E-state index in [9.17, 15) is 0 Å². The molecule has 0 radical (unpaired) electrons. The van der Waals surface area contributed by atoms with Crippen LogP contribution in [0.2, 0.25) is 0 Å². The van der Waals surface area contributed by atoms with Crippen LogP contribution in [0.5, 0.6) is 0 Å². The first-order valence-corrected chi connectivity index (χ1v) is 6.25. The normalized spacial score (nSPS) is 23.0. The number of hydrogen-bond donors (Lipinski definition) is 1. The van der Waals surface area contributed by atoms with E-state index in [1.165, 1.54) is 32.4 Å². The predicted octanol–water partition coefficient (Wildman–Crippen LogP) is 1.80. The van der Waals surface area contributed by atoms with E-state index in [-0.39, 0.29) is 0 Å².